The molecule has 0 saturated heterocycles. The van der Waals surface area contributed by atoms with Crippen LogP contribution < -0.4 is 14.8 Å². The van der Waals surface area contributed by atoms with Crippen LogP contribution in [0.15, 0.2) is 79.0 Å². The number of ether oxygens (including phenoxy) is 2. The molecule has 0 saturated carbocycles. The van der Waals surface area contributed by atoms with Gasteiger partial charge in [-0.05, 0) is 42.0 Å². The predicted octanol–water partition coefficient (Wildman–Crippen LogP) is 4.32. The Bertz CT molecular complexity index is 1330. The molecule has 9 heteroatoms. The first kappa shape index (κ1) is 23.5. The molecule has 4 aromatic rings. The van der Waals surface area contributed by atoms with Crippen molar-refractivity contribution in [1.82, 2.24) is 15.1 Å². The van der Waals surface area contributed by atoms with E-state index in [0.717, 1.165) is 11.3 Å². The molecule has 0 spiro atoms. The number of hydrogen-bond acceptors (Lipinski definition) is 6. The van der Waals surface area contributed by atoms with E-state index in [9.17, 15) is 14.9 Å². The number of methoxy groups -OCH3 is 2. The zero-order chi connectivity index (χ0) is 24.8. The Morgan fingerprint density at radius 1 is 1.00 bits per heavy atom. The van der Waals surface area contributed by atoms with Crippen LogP contribution in [0, 0.1) is 10.1 Å². The third-order valence-corrected chi connectivity index (χ3v) is 5.45. The molecule has 1 N–H and O–H groups in total. The molecule has 1 heterocycles. The topological polar surface area (TPSA) is 109 Å². The number of non-ortho nitro benzene ring substituents is 1. The summed E-state index contributed by atoms with van der Waals surface area (Å²) < 4.78 is 12.3. The van der Waals surface area contributed by atoms with Crippen LogP contribution >= 0.6 is 0 Å². The average Bonchev–Trinajstić information content (AvgIpc) is 3.31. The third kappa shape index (κ3) is 5.47. The van der Waals surface area contributed by atoms with Crippen molar-refractivity contribution in [2.45, 2.75) is 13.0 Å². The fourth-order valence-electron chi connectivity index (χ4n) is 3.66. The number of hydrogen-bond donors (Lipinski definition) is 1. The van der Waals surface area contributed by atoms with Crippen LogP contribution in [0.25, 0.3) is 16.9 Å². The number of benzene rings is 3. The summed E-state index contributed by atoms with van der Waals surface area (Å²) in [6, 6.07) is 21.1. The number of nitrogens with one attached hydrogen (secondary N) is 1. The van der Waals surface area contributed by atoms with Crippen LogP contribution in [-0.2, 0) is 17.8 Å². The van der Waals surface area contributed by atoms with Crippen molar-refractivity contribution in [1.29, 1.82) is 0 Å². The van der Waals surface area contributed by atoms with Gasteiger partial charge >= 0.3 is 0 Å². The number of rotatable bonds is 9. The van der Waals surface area contributed by atoms with E-state index in [-0.39, 0.29) is 18.0 Å². The van der Waals surface area contributed by atoms with Gasteiger partial charge in [0.1, 0.15) is 0 Å². The molecule has 0 radical (unpaired) electrons. The number of carbonyl (C=O) groups excluding carboxylic acids is 1. The van der Waals surface area contributed by atoms with E-state index in [0.29, 0.717) is 34.9 Å². The van der Waals surface area contributed by atoms with Crippen molar-refractivity contribution in [3.63, 3.8) is 0 Å². The van der Waals surface area contributed by atoms with Gasteiger partial charge in [-0.2, -0.15) is 5.10 Å². The van der Waals surface area contributed by atoms with Gasteiger partial charge in [0.15, 0.2) is 11.5 Å². The second-order valence-electron chi connectivity index (χ2n) is 7.73. The largest absolute Gasteiger partial charge is 0.493 e. The molecule has 0 aliphatic rings. The number of aromatic nitrogens is 2. The van der Waals surface area contributed by atoms with Crippen LogP contribution in [0.2, 0.25) is 0 Å². The van der Waals surface area contributed by atoms with Crippen molar-refractivity contribution < 1.29 is 19.2 Å². The van der Waals surface area contributed by atoms with Crippen LogP contribution in [0.3, 0.4) is 0 Å². The maximum Gasteiger partial charge on any atom is 0.269 e. The summed E-state index contributed by atoms with van der Waals surface area (Å²) in [6.07, 6.45) is 1.90. The molecule has 1 amide bonds. The lowest BCUT2D eigenvalue weighted by atomic mass is 10.1. The summed E-state index contributed by atoms with van der Waals surface area (Å²) in [5.41, 5.74) is 3.68. The van der Waals surface area contributed by atoms with E-state index in [1.165, 1.54) is 12.1 Å². The first-order chi connectivity index (χ1) is 17.0. The second kappa shape index (κ2) is 10.5. The molecule has 0 fully saturated rings. The highest BCUT2D eigenvalue weighted by molar-refractivity contribution is 5.81. The van der Waals surface area contributed by atoms with Crippen LogP contribution in [0.4, 0.5) is 5.69 Å². The zero-order valence-corrected chi connectivity index (χ0v) is 19.3. The third-order valence-electron chi connectivity index (χ3n) is 5.45. The molecule has 0 bridgehead atoms. The Labute approximate surface area is 202 Å². The highest BCUT2D eigenvalue weighted by atomic mass is 16.6. The van der Waals surface area contributed by atoms with Crippen molar-refractivity contribution in [2.24, 2.45) is 0 Å². The van der Waals surface area contributed by atoms with Gasteiger partial charge in [-0.3, -0.25) is 14.9 Å². The lowest BCUT2D eigenvalue weighted by Gasteiger charge is -2.10. The van der Waals surface area contributed by atoms with Gasteiger partial charge in [-0.1, -0.05) is 24.3 Å². The molecule has 35 heavy (non-hydrogen) atoms. The monoisotopic (exact) mass is 472 g/mol. The number of carbonyl (C=O) groups is 1. The predicted molar refractivity (Wildman–Crippen MR) is 131 cm³/mol. The molecule has 0 aliphatic heterocycles. The fraction of sp³-hybridized carbons (Fsp3) is 0.154. The van der Waals surface area contributed by atoms with Crippen molar-refractivity contribution in [3.8, 4) is 28.4 Å². The Balaban J connectivity index is 1.56. The Morgan fingerprint density at radius 3 is 2.37 bits per heavy atom. The van der Waals surface area contributed by atoms with Crippen LogP contribution in [0.5, 0.6) is 11.5 Å². The van der Waals surface area contributed by atoms with E-state index in [1.807, 2.05) is 48.7 Å². The Kier molecular flexibility index (Phi) is 7.06. The molecule has 0 unspecified atom stereocenters. The summed E-state index contributed by atoms with van der Waals surface area (Å²) in [5.74, 6) is 1.02. The minimum Gasteiger partial charge on any atom is -0.493 e. The van der Waals surface area contributed by atoms with Crippen molar-refractivity contribution in [2.75, 3.05) is 14.2 Å². The maximum atomic E-state index is 12.8. The standard InChI is InChI=1S/C26H24N4O5/c1-34-23-13-8-18(14-24(23)35-2)16-27-25(31)15-20-17-29(21-6-4-3-5-7-21)28-26(20)19-9-11-22(12-10-19)30(32)33/h3-14,17H,15-16H2,1-2H3,(H,27,31). The van der Waals surface area contributed by atoms with E-state index in [4.69, 9.17) is 9.47 Å². The van der Waals surface area contributed by atoms with Crippen molar-refractivity contribution >= 4 is 11.6 Å². The van der Waals surface area contributed by atoms with E-state index >= 15 is 0 Å². The Morgan fingerprint density at radius 2 is 1.71 bits per heavy atom. The summed E-state index contributed by atoms with van der Waals surface area (Å²) in [6.45, 7) is 0.318. The van der Waals surface area contributed by atoms with E-state index < -0.39 is 4.92 Å². The number of nitro groups is 1. The summed E-state index contributed by atoms with van der Waals surface area (Å²) in [7, 11) is 3.13. The lowest BCUT2D eigenvalue weighted by Crippen LogP contribution is -2.24. The first-order valence-electron chi connectivity index (χ1n) is 10.8. The molecule has 3 aromatic carbocycles. The fourth-order valence-corrected chi connectivity index (χ4v) is 3.66. The van der Waals surface area contributed by atoms with Gasteiger partial charge in [-0.25, -0.2) is 4.68 Å². The summed E-state index contributed by atoms with van der Waals surface area (Å²) in [4.78, 5) is 23.4. The molecule has 178 valence electrons. The van der Waals surface area contributed by atoms with Gasteiger partial charge in [0.2, 0.25) is 5.91 Å². The molecule has 1 aromatic heterocycles. The quantitative estimate of drug-likeness (QED) is 0.287. The van der Waals surface area contributed by atoms with Gasteiger partial charge in [-0.15, -0.1) is 0 Å². The highest BCUT2D eigenvalue weighted by Crippen LogP contribution is 2.28. The summed E-state index contributed by atoms with van der Waals surface area (Å²) >= 11 is 0. The average molecular weight is 473 g/mol. The normalized spacial score (nSPS) is 10.6. The molecule has 4 rings (SSSR count). The van der Waals surface area contributed by atoms with Gasteiger partial charge < -0.3 is 14.8 Å². The Hall–Kier alpha value is -4.66. The smallest absolute Gasteiger partial charge is 0.269 e. The first-order valence-corrected chi connectivity index (χ1v) is 10.8. The summed E-state index contributed by atoms with van der Waals surface area (Å²) in [5, 5.41) is 18.6. The zero-order valence-electron chi connectivity index (χ0n) is 19.3. The molecular formula is C26H24N4O5. The second-order valence-corrected chi connectivity index (χ2v) is 7.73. The number of nitrogens with zero attached hydrogens (tertiary/aromatic N) is 3. The minimum absolute atomic E-state index is 0.00884. The van der Waals surface area contributed by atoms with Crippen molar-refractivity contribution in [3.05, 3.63) is 100 Å². The highest BCUT2D eigenvalue weighted by Gasteiger charge is 2.17. The molecule has 0 aliphatic carbocycles. The van der Waals surface area contributed by atoms with Gasteiger partial charge in [0.05, 0.1) is 36.9 Å². The minimum atomic E-state index is -0.450. The number of para-hydroxylation sites is 1. The molecular weight excluding hydrogens is 448 g/mol. The van der Waals surface area contributed by atoms with E-state index in [2.05, 4.69) is 10.4 Å². The SMILES string of the molecule is COc1ccc(CNC(=O)Cc2cn(-c3ccccc3)nc2-c2ccc([N+](=O)[O-])cc2)cc1OC. The van der Waals surface area contributed by atoms with Gasteiger partial charge in [0, 0.05) is 36.0 Å². The molecule has 9 nitrogen and oxygen atoms in total. The number of nitro benzene ring substituents is 1. The van der Waals surface area contributed by atoms with Crippen LogP contribution in [-0.4, -0.2) is 34.8 Å². The van der Waals surface area contributed by atoms with E-state index in [1.54, 1.807) is 37.1 Å². The number of amides is 1. The molecule has 0 atom stereocenters. The van der Waals surface area contributed by atoms with Gasteiger partial charge in [0.25, 0.3) is 5.69 Å². The van der Waals surface area contributed by atoms with Crippen LogP contribution in [0.1, 0.15) is 11.1 Å². The lowest BCUT2D eigenvalue weighted by molar-refractivity contribution is -0.384. The maximum absolute atomic E-state index is 12.8.